The van der Waals surface area contributed by atoms with E-state index in [2.05, 4.69) is 15.5 Å². The molecule has 0 saturated carbocycles. The Morgan fingerprint density at radius 1 is 1.27 bits per heavy atom. The van der Waals surface area contributed by atoms with Crippen LogP contribution in [0.2, 0.25) is 5.02 Å². The van der Waals surface area contributed by atoms with E-state index in [1.807, 2.05) is 0 Å². The normalized spacial score (nSPS) is 15.8. The van der Waals surface area contributed by atoms with Crippen molar-refractivity contribution in [2.24, 2.45) is 5.92 Å². The number of sulfone groups is 1. The lowest BCUT2D eigenvalue weighted by Gasteiger charge is -2.35. The van der Waals surface area contributed by atoms with E-state index in [4.69, 9.17) is 11.6 Å². The van der Waals surface area contributed by atoms with Crippen molar-refractivity contribution in [3.8, 4) is 0 Å². The Hall–Kier alpha value is -2.33. The largest absolute Gasteiger partial charge is 0.352 e. The molecule has 1 N–H and O–H groups in total. The number of nitrogens with zero attached hydrogens (tertiary/aromatic N) is 3. The Labute approximate surface area is 178 Å². The molecule has 1 saturated heterocycles. The number of amides is 2. The smallest absolute Gasteiger partial charge is 0.325 e. The minimum atomic E-state index is -4.99. The van der Waals surface area contributed by atoms with Crippen molar-refractivity contribution in [1.29, 1.82) is 0 Å². The van der Waals surface area contributed by atoms with Gasteiger partial charge in [-0.05, 0) is 43.0 Å². The number of benzene rings is 1. The van der Waals surface area contributed by atoms with Gasteiger partial charge < -0.3 is 10.2 Å². The lowest BCUT2D eigenvalue weighted by atomic mass is 9.97. The third-order valence-electron chi connectivity index (χ3n) is 5.14. The van der Waals surface area contributed by atoms with E-state index < -0.39 is 31.9 Å². The van der Waals surface area contributed by atoms with Gasteiger partial charge in [0.2, 0.25) is 9.84 Å². The molecule has 1 aromatic heterocycles. The minimum absolute atomic E-state index is 0.00283. The fourth-order valence-corrected chi connectivity index (χ4v) is 5.35. The van der Waals surface area contributed by atoms with E-state index in [1.165, 1.54) is 29.4 Å². The third kappa shape index (κ3) is 4.39. The number of aryl methyl sites for hydroxylation is 1. The van der Waals surface area contributed by atoms with E-state index in [-0.39, 0.29) is 31.0 Å². The van der Waals surface area contributed by atoms with Crippen molar-refractivity contribution in [2.45, 2.75) is 36.3 Å². The molecule has 7 nitrogen and oxygen atoms in total. The summed E-state index contributed by atoms with van der Waals surface area (Å²) in [6.45, 7) is 1.80. The van der Waals surface area contributed by atoms with Gasteiger partial charge in [-0.25, -0.2) is 13.2 Å². The first-order valence-corrected chi connectivity index (χ1v) is 11.3. The highest BCUT2D eigenvalue weighted by molar-refractivity contribution is 7.92. The van der Waals surface area contributed by atoms with Gasteiger partial charge >= 0.3 is 11.3 Å². The van der Waals surface area contributed by atoms with E-state index >= 15 is 8.78 Å². The van der Waals surface area contributed by atoms with Gasteiger partial charge in [-0.3, -0.25) is 0 Å². The fourth-order valence-electron chi connectivity index (χ4n) is 3.33. The predicted molar refractivity (Wildman–Crippen MR) is 108 cm³/mol. The highest BCUT2D eigenvalue weighted by atomic mass is 35.5. The van der Waals surface area contributed by atoms with Crippen LogP contribution in [0.4, 0.5) is 19.3 Å². The lowest BCUT2D eigenvalue weighted by Crippen LogP contribution is -2.47. The third-order valence-corrected chi connectivity index (χ3v) is 7.55. The second kappa shape index (κ2) is 8.81. The van der Waals surface area contributed by atoms with Gasteiger partial charge in [0.05, 0.1) is 28.0 Å². The van der Waals surface area contributed by atoms with Crippen molar-refractivity contribution < 1.29 is 22.0 Å². The number of hydrogen-bond acceptors (Lipinski definition) is 5. The highest BCUT2D eigenvalue weighted by Crippen LogP contribution is 2.42. The number of piperidine rings is 1. The highest BCUT2D eigenvalue weighted by Gasteiger charge is 2.54. The molecule has 1 aromatic carbocycles. The maximum atomic E-state index is 15.1. The monoisotopic (exact) mass is 458 g/mol. The average molecular weight is 459 g/mol. The van der Waals surface area contributed by atoms with Gasteiger partial charge in [0.25, 0.3) is 0 Å². The van der Waals surface area contributed by atoms with Gasteiger partial charge in [0, 0.05) is 19.0 Å². The molecule has 0 spiro atoms. The number of nitrogens with one attached hydrogen (secondary N) is 1. The zero-order valence-electron chi connectivity index (χ0n) is 16.2. The summed E-state index contributed by atoms with van der Waals surface area (Å²) in [7, 11) is -4.99. The van der Waals surface area contributed by atoms with Crippen LogP contribution in [0.25, 0.3) is 0 Å². The first-order valence-electron chi connectivity index (χ1n) is 9.40. The zero-order chi connectivity index (χ0) is 21.9. The number of urea groups is 1. The van der Waals surface area contributed by atoms with E-state index in [0.717, 1.165) is 0 Å². The zero-order valence-corrected chi connectivity index (χ0v) is 17.8. The number of alkyl halides is 2. The van der Waals surface area contributed by atoms with Crippen LogP contribution in [0, 0.1) is 5.92 Å². The Morgan fingerprint density at radius 2 is 1.97 bits per heavy atom. The van der Waals surface area contributed by atoms with Gasteiger partial charge in [-0.1, -0.05) is 24.6 Å². The quantitative estimate of drug-likeness (QED) is 0.731. The number of halogens is 3. The summed E-state index contributed by atoms with van der Waals surface area (Å²) in [6.07, 6.45) is 2.95. The average Bonchev–Trinajstić information content (AvgIpc) is 2.74. The molecule has 0 unspecified atom stereocenters. The van der Waals surface area contributed by atoms with Crippen molar-refractivity contribution >= 4 is 33.2 Å². The number of aromatic nitrogens is 2. The standard InChI is InChI=1S/C19H21ClF2N4O3S/c1-2-13-3-4-16(20)17(11-13)30(28,29)19(21,22)14-6-9-26(10-7-14)18(27)25-15-5-8-23-24-12-15/h3-5,8,11-12,14H,2,6-7,9-10H2,1H3,(H,23,25,27). The number of carbonyl (C=O) groups excluding carboxylic acids is 1. The molecular weight excluding hydrogens is 438 g/mol. The maximum Gasteiger partial charge on any atom is 0.352 e. The van der Waals surface area contributed by atoms with E-state index in [0.29, 0.717) is 17.7 Å². The van der Waals surface area contributed by atoms with Crippen LogP contribution < -0.4 is 5.32 Å². The maximum absolute atomic E-state index is 15.1. The van der Waals surface area contributed by atoms with Crippen LogP contribution in [0.5, 0.6) is 0 Å². The Balaban J connectivity index is 1.71. The Bertz CT molecular complexity index is 1010. The van der Waals surface area contributed by atoms with E-state index in [9.17, 15) is 13.2 Å². The molecule has 3 rings (SSSR count). The first-order chi connectivity index (χ1) is 14.2. The summed E-state index contributed by atoms with van der Waals surface area (Å²) >= 11 is 5.94. The van der Waals surface area contributed by atoms with Crippen LogP contribution >= 0.6 is 11.6 Å². The molecule has 2 aromatic rings. The van der Waals surface area contributed by atoms with Crippen molar-refractivity contribution in [3.05, 3.63) is 47.2 Å². The number of rotatable bonds is 5. The summed E-state index contributed by atoms with van der Waals surface area (Å²) in [6, 6.07) is 5.22. The van der Waals surface area contributed by atoms with Crippen molar-refractivity contribution in [3.63, 3.8) is 0 Å². The lowest BCUT2D eigenvalue weighted by molar-refractivity contribution is 0.000426. The number of hydrogen-bond donors (Lipinski definition) is 1. The molecular formula is C19H21ClF2N4O3S. The molecule has 0 atom stereocenters. The summed E-state index contributed by atoms with van der Waals surface area (Å²) in [5.74, 6) is -1.42. The predicted octanol–water partition coefficient (Wildman–Crippen LogP) is 4.00. The topological polar surface area (TPSA) is 92.3 Å². The molecule has 11 heteroatoms. The van der Waals surface area contributed by atoms with Crippen LogP contribution in [0.15, 0.2) is 41.6 Å². The molecule has 0 bridgehead atoms. The summed E-state index contributed by atoms with van der Waals surface area (Å²) < 4.78 is 55.7. The minimum Gasteiger partial charge on any atom is -0.325 e. The van der Waals surface area contributed by atoms with Gasteiger partial charge in [0.15, 0.2) is 0 Å². The van der Waals surface area contributed by atoms with Crippen molar-refractivity contribution in [1.82, 2.24) is 15.1 Å². The first kappa shape index (κ1) is 22.4. The molecule has 0 aliphatic carbocycles. The summed E-state index contributed by atoms with van der Waals surface area (Å²) in [5, 5.41) is 5.62. The number of anilines is 1. The Morgan fingerprint density at radius 3 is 2.57 bits per heavy atom. The van der Waals surface area contributed by atoms with Crippen molar-refractivity contribution in [2.75, 3.05) is 18.4 Å². The molecule has 2 heterocycles. The van der Waals surface area contributed by atoms with Crippen LogP contribution in [0.3, 0.4) is 0 Å². The van der Waals surface area contributed by atoms with Gasteiger partial charge in [-0.2, -0.15) is 19.0 Å². The number of likely N-dealkylation sites (tertiary alicyclic amines) is 1. The fraction of sp³-hybridized carbons (Fsp3) is 0.421. The second-order valence-electron chi connectivity index (χ2n) is 7.01. The van der Waals surface area contributed by atoms with Crippen LogP contribution in [-0.4, -0.2) is 47.9 Å². The SMILES string of the molecule is CCc1ccc(Cl)c(S(=O)(=O)C(F)(F)C2CCN(C(=O)Nc3ccnnc3)CC2)c1. The summed E-state index contributed by atoms with van der Waals surface area (Å²) in [4.78, 5) is 13.1. The van der Waals surface area contributed by atoms with Gasteiger partial charge in [0.1, 0.15) is 0 Å². The molecule has 162 valence electrons. The number of carbonyl (C=O) groups is 1. The van der Waals surface area contributed by atoms with Crippen LogP contribution in [-0.2, 0) is 16.3 Å². The van der Waals surface area contributed by atoms with Crippen LogP contribution in [0.1, 0.15) is 25.3 Å². The Kier molecular flexibility index (Phi) is 6.56. The molecule has 1 aliphatic rings. The molecule has 1 aliphatic heterocycles. The summed E-state index contributed by atoms with van der Waals surface area (Å²) in [5.41, 5.74) is 1.03. The van der Waals surface area contributed by atoms with Gasteiger partial charge in [-0.15, -0.1) is 0 Å². The molecule has 2 amide bonds. The molecule has 0 radical (unpaired) electrons. The molecule has 30 heavy (non-hydrogen) atoms. The second-order valence-corrected chi connectivity index (χ2v) is 9.40. The van der Waals surface area contributed by atoms with E-state index in [1.54, 1.807) is 19.1 Å². The molecule has 1 fully saturated rings.